The number of ether oxygens (including phenoxy) is 1. The molecule has 0 saturated carbocycles. The van der Waals surface area contributed by atoms with Crippen LogP contribution >= 0.6 is 24.0 Å². The maximum absolute atomic E-state index is 5.56. The summed E-state index contributed by atoms with van der Waals surface area (Å²) >= 11 is 0. The smallest absolute Gasteiger partial charge is 0.218 e. The van der Waals surface area contributed by atoms with Crippen molar-refractivity contribution in [3.8, 4) is 5.88 Å². The molecule has 26 heavy (non-hydrogen) atoms. The third kappa shape index (κ3) is 6.48. The molecule has 0 unspecified atom stereocenters. The molecule has 2 aromatic rings. The second-order valence-electron chi connectivity index (χ2n) is 6.43. The quantitative estimate of drug-likeness (QED) is 0.369. The largest absolute Gasteiger partial charge is 0.478 e. The third-order valence-corrected chi connectivity index (χ3v) is 4.05. The highest BCUT2D eigenvalue weighted by atomic mass is 127. The Morgan fingerprint density at radius 2 is 1.85 bits per heavy atom. The lowest BCUT2D eigenvalue weighted by atomic mass is 9.85. The Hall–Kier alpha value is -1.83. The molecule has 0 radical (unpaired) electrons. The van der Waals surface area contributed by atoms with E-state index in [-0.39, 0.29) is 29.4 Å². The molecule has 6 heteroatoms. The molecule has 0 aliphatic carbocycles. The molecule has 0 fully saturated rings. The van der Waals surface area contributed by atoms with Gasteiger partial charge in [0.05, 0.1) is 6.61 Å². The van der Waals surface area contributed by atoms with Crippen molar-refractivity contribution in [2.24, 2.45) is 4.99 Å². The van der Waals surface area contributed by atoms with E-state index in [4.69, 9.17) is 4.74 Å². The minimum Gasteiger partial charge on any atom is -0.478 e. The first kappa shape index (κ1) is 22.2. The Balaban J connectivity index is 0.00000338. The number of benzene rings is 1. The van der Waals surface area contributed by atoms with Crippen LogP contribution in [0.2, 0.25) is 0 Å². The van der Waals surface area contributed by atoms with Gasteiger partial charge in [-0.1, -0.05) is 50.2 Å². The number of pyridine rings is 1. The second-order valence-corrected chi connectivity index (χ2v) is 6.43. The molecular formula is C20H29IN4O. The van der Waals surface area contributed by atoms with Gasteiger partial charge < -0.3 is 15.4 Å². The summed E-state index contributed by atoms with van der Waals surface area (Å²) in [5.41, 5.74) is 2.31. The SMILES string of the molecule is CCOc1ncccc1CNC(=NC)NCC(C)(C)c1ccccc1.I. The number of hydrogen-bond donors (Lipinski definition) is 2. The van der Waals surface area contributed by atoms with Gasteiger partial charge in [0.25, 0.3) is 0 Å². The second kappa shape index (κ2) is 11.0. The minimum absolute atomic E-state index is 0. The Labute approximate surface area is 173 Å². The summed E-state index contributed by atoms with van der Waals surface area (Å²) in [6, 6.07) is 14.4. The normalized spacial score (nSPS) is 11.5. The molecule has 142 valence electrons. The standard InChI is InChI=1S/C20H28N4O.HI/c1-5-25-18-16(10-9-13-22-18)14-23-19(21-4)24-15-20(2,3)17-11-7-6-8-12-17;/h6-13H,5,14-15H2,1-4H3,(H2,21,23,24);1H. The lowest BCUT2D eigenvalue weighted by molar-refractivity contribution is 0.322. The van der Waals surface area contributed by atoms with Crippen molar-refractivity contribution in [2.75, 3.05) is 20.2 Å². The number of nitrogens with zero attached hydrogens (tertiary/aromatic N) is 2. The molecule has 2 rings (SSSR count). The van der Waals surface area contributed by atoms with Gasteiger partial charge in [-0.2, -0.15) is 0 Å². The van der Waals surface area contributed by atoms with Gasteiger partial charge >= 0.3 is 0 Å². The molecule has 0 aliphatic heterocycles. The highest BCUT2D eigenvalue weighted by molar-refractivity contribution is 14.0. The monoisotopic (exact) mass is 468 g/mol. The summed E-state index contributed by atoms with van der Waals surface area (Å²) in [7, 11) is 1.78. The van der Waals surface area contributed by atoms with E-state index in [2.05, 4.69) is 58.7 Å². The molecule has 5 nitrogen and oxygen atoms in total. The van der Waals surface area contributed by atoms with Gasteiger partial charge in [0, 0.05) is 37.3 Å². The van der Waals surface area contributed by atoms with Crippen molar-refractivity contribution in [1.29, 1.82) is 0 Å². The zero-order valence-corrected chi connectivity index (χ0v) is 18.3. The van der Waals surface area contributed by atoms with Crippen molar-refractivity contribution in [2.45, 2.75) is 32.7 Å². The molecule has 1 heterocycles. The van der Waals surface area contributed by atoms with Crippen LogP contribution in [0.4, 0.5) is 0 Å². The fourth-order valence-corrected chi connectivity index (χ4v) is 2.52. The van der Waals surface area contributed by atoms with Gasteiger partial charge in [-0.05, 0) is 18.6 Å². The Morgan fingerprint density at radius 1 is 1.12 bits per heavy atom. The van der Waals surface area contributed by atoms with E-state index in [1.807, 2.05) is 25.1 Å². The van der Waals surface area contributed by atoms with Crippen LogP contribution in [0.1, 0.15) is 31.9 Å². The van der Waals surface area contributed by atoms with Gasteiger partial charge in [0.2, 0.25) is 5.88 Å². The van der Waals surface area contributed by atoms with Crippen LogP contribution in [0.5, 0.6) is 5.88 Å². The van der Waals surface area contributed by atoms with E-state index in [0.717, 1.165) is 18.1 Å². The van der Waals surface area contributed by atoms with Crippen molar-refractivity contribution >= 4 is 29.9 Å². The van der Waals surface area contributed by atoms with Crippen LogP contribution < -0.4 is 15.4 Å². The summed E-state index contributed by atoms with van der Waals surface area (Å²) in [5.74, 6) is 1.42. The summed E-state index contributed by atoms with van der Waals surface area (Å²) < 4.78 is 5.56. The van der Waals surface area contributed by atoms with Crippen molar-refractivity contribution < 1.29 is 4.74 Å². The van der Waals surface area contributed by atoms with Crippen LogP contribution in [0, 0.1) is 0 Å². The third-order valence-electron chi connectivity index (χ3n) is 4.05. The molecule has 0 amide bonds. The highest BCUT2D eigenvalue weighted by Gasteiger charge is 2.20. The molecule has 0 bridgehead atoms. The van der Waals surface area contributed by atoms with Gasteiger partial charge in [-0.3, -0.25) is 4.99 Å². The summed E-state index contributed by atoms with van der Waals surface area (Å²) in [4.78, 5) is 8.58. The number of rotatable bonds is 7. The number of aromatic nitrogens is 1. The first-order chi connectivity index (χ1) is 12.1. The number of nitrogens with one attached hydrogen (secondary N) is 2. The predicted octanol–water partition coefficient (Wildman–Crippen LogP) is 3.74. The van der Waals surface area contributed by atoms with Crippen LogP contribution in [0.15, 0.2) is 53.7 Å². The highest BCUT2D eigenvalue weighted by Crippen LogP contribution is 2.21. The summed E-state index contributed by atoms with van der Waals surface area (Å²) in [5, 5.41) is 6.74. The molecule has 0 saturated heterocycles. The predicted molar refractivity (Wildman–Crippen MR) is 118 cm³/mol. The molecule has 0 spiro atoms. The number of halogens is 1. The summed E-state index contributed by atoms with van der Waals surface area (Å²) in [6.07, 6.45) is 1.74. The topological polar surface area (TPSA) is 58.5 Å². The Morgan fingerprint density at radius 3 is 2.50 bits per heavy atom. The fourth-order valence-electron chi connectivity index (χ4n) is 2.52. The minimum atomic E-state index is 0. The number of guanidine groups is 1. The number of hydrogen-bond acceptors (Lipinski definition) is 3. The average Bonchev–Trinajstić information content (AvgIpc) is 2.64. The van der Waals surface area contributed by atoms with E-state index in [0.29, 0.717) is 19.0 Å². The zero-order chi connectivity index (χ0) is 18.1. The molecular weight excluding hydrogens is 439 g/mol. The maximum atomic E-state index is 5.56. The lowest BCUT2D eigenvalue weighted by Crippen LogP contribution is -2.43. The van der Waals surface area contributed by atoms with Crippen LogP contribution in [0.25, 0.3) is 0 Å². The van der Waals surface area contributed by atoms with Gasteiger partial charge in [0.1, 0.15) is 0 Å². The van der Waals surface area contributed by atoms with E-state index < -0.39 is 0 Å². The lowest BCUT2D eigenvalue weighted by Gasteiger charge is -2.26. The molecule has 1 aromatic heterocycles. The van der Waals surface area contributed by atoms with Gasteiger partial charge in [0.15, 0.2) is 5.96 Å². The molecule has 0 atom stereocenters. The van der Waals surface area contributed by atoms with Crippen molar-refractivity contribution in [3.05, 3.63) is 59.8 Å². The Bertz CT molecular complexity index is 689. The maximum Gasteiger partial charge on any atom is 0.218 e. The number of aliphatic imine (C=N–C) groups is 1. The van der Waals surface area contributed by atoms with Crippen molar-refractivity contribution in [1.82, 2.24) is 15.6 Å². The van der Waals surface area contributed by atoms with E-state index in [1.165, 1.54) is 5.56 Å². The first-order valence-electron chi connectivity index (χ1n) is 8.63. The average molecular weight is 468 g/mol. The van der Waals surface area contributed by atoms with Crippen LogP contribution in [-0.2, 0) is 12.0 Å². The molecule has 2 N–H and O–H groups in total. The van der Waals surface area contributed by atoms with Gasteiger partial charge in [-0.25, -0.2) is 4.98 Å². The van der Waals surface area contributed by atoms with Crippen LogP contribution in [0.3, 0.4) is 0 Å². The van der Waals surface area contributed by atoms with E-state index in [1.54, 1.807) is 13.2 Å². The zero-order valence-electron chi connectivity index (χ0n) is 16.0. The van der Waals surface area contributed by atoms with Crippen LogP contribution in [-0.4, -0.2) is 31.1 Å². The molecule has 0 aliphatic rings. The molecule has 1 aromatic carbocycles. The van der Waals surface area contributed by atoms with Gasteiger partial charge in [-0.15, -0.1) is 24.0 Å². The fraction of sp³-hybridized carbons (Fsp3) is 0.400. The van der Waals surface area contributed by atoms with E-state index in [9.17, 15) is 0 Å². The Kier molecular flexibility index (Phi) is 9.40. The van der Waals surface area contributed by atoms with E-state index >= 15 is 0 Å². The van der Waals surface area contributed by atoms with Crippen molar-refractivity contribution in [3.63, 3.8) is 0 Å². The first-order valence-corrected chi connectivity index (χ1v) is 8.63. The summed E-state index contributed by atoms with van der Waals surface area (Å²) in [6.45, 7) is 8.38.